The maximum Gasteiger partial charge on any atom is 0.257 e. The van der Waals surface area contributed by atoms with Crippen LogP contribution < -0.4 is 0 Å². The summed E-state index contributed by atoms with van der Waals surface area (Å²) >= 11 is 0. The van der Waals surface area contributed by atoms with Crippen molar-refractivity contribution in [1.82, 2.24) is 4.90 Å². The first-order valence-electron chi connectivity index (χ1n) is 9.42. The van der Waals surface area contributed by atoms with Crippen molar-refractivity contribution in [3.05, 3.63) is 0 Å². The van der Waals surface area contributed by atoms with Gasteiger partial charge in [0.25, 0.3) is 10.0 Å². The van der Waals surface area contributed by atoms with Gasteiger partial charge in [0.05, 0.1) is 5.25 Å². The lowest BCUT2D eigenvalue weighted by atomic mass is 9.85. The van der Waals surface area contributed by atoms with Crippen LogP contribution in [0.4, 0.5) is 0 Å². The van der Waals surface area contributed by atoms with Gasteiger partial charge in [0.2, 0.25) is 0 Å². The molecule has 2 atom stereocenters. The fourth-order valence-corrected chi connectivity index (χ4v) is 4.70. The van der Waals surface area contributed by atoms with Gasteiger partial charge in [-0.15, -0.1) is 0 Å². The van der Waals surface area contributed by atoms with Crippen molar-refractivity contribution in [3.63, 3.8) is 0 Å². The SMILES string of the molecule is CC(C)S(=O)(=O)/N=C(\CC1CCCCC1)N1[C@H](C)CCC[C@@H]1C. The van der Waals surface area contributed by atoms with E-state index in [1.54, 1.807) is 13.8 Å². The predicted molar refractivity (Wildman–Crippen MR) is 97.3 cm³/mol. The third kappa shape index (κ3) is 4.94. The van der Waals surface area contributed by atoms with E-state index >= 15 is 0 Å². The van der Waals surface area contributed by atoms with E-state index in [0.717, 1.165) is 25.1 Å². The molecule has 2 rings (SSSR count). The minimum absolute atomic E-state index is 0.392. The molecule has 23 heavy (non-hydrogen) atoms. The molecule has 1 aliphatic heterocycles. The number of likely N-dealkylation sites (tertiary alicyclic amines) is 1. The fourth-order valence-electron chi connectivity index (χ4n) is 4.02. The molecule has 5 heteroatoms. The molecule has 1 saturated carbocycles. The van der Waals surface area contributed by atoms with E-state index in [2.05, 4.69) is 23.1 Å². The second kappa shape index (κ2) is 8.00. The Hall–Kier alpha value is -0.580. The summed E-state index contributed by atoms with van der Waals surface area (Å²) in [5, 5.41) is -0.445. The summed E-state index contributed by atoms with van der Waals surface area (Å²) in [6, 6.07) is 0.784. The quantitative estimate of drug-likeness (QED) is 0.563. The number of rotatable bonds is 4. The van der Waals surface area contributed by atoms with Crippen LogP contribution in [0.3, 0.4) is 0 Å². The van der Waals surface area contributed by atoms with Crippen molar-refractivity contribution in [2.75, 3.05) is 0 Å². The average Bonchev–Trinajstić information content (AvgIpc) is 2.47. The van der Waals surface area contributed by atoms with E-state index in [9.17, 15) is 8.42 Å². The van der Waals surface area contributed by atoms with Crippen LogP contribution in [0.15, 0.2) is 4.40 Å². The normalized spacial score (nSPS) is 28.4. The minimum Gasteiger partial charge on any atom is -0.354 e. The Morgan fingerprint density at radius 3 is 2.09 bits per heavy atom. The highest BCUT2D eigenvalue weighted by atomic mass is 32.2. The first-order chi connectivity index (χ1) is 10.8. The molecular weight excluding hydrogens is 308 g/mol. The number of hydrogen-bond acceptors (Lipinski definition) is 2. The van der Waals surface area contributed by atoms with Crippen LogP contribution in [-0.2, 0) is 10.0 Å². The van der Waals surface area contributed by atoms with Crippen LogP contribution in [-0.4, -0.2) is 36.5 Å². The molecule has 0 aromatic heterocycles. The molecule has 4 nitrogen and oxygen atoms in total. The zero-order valence-electron chi connectivity index (χ0n) is 15.3. The summed E-state index contributed by atoms with van der Waals surface area (Å²) in [4.78, 5) is 2.32. The van der Waals surface area contributed by atoms with E-state index in [0.29, 0.717) is 18.0 Å². The van der Waals surface area contributed by atoms with Gasteiger partial charge in [-0.3, -0.25) is 0 Å². The highest BCUT2D eigenvalue weighted by Crippen LogP contribution is 2.31. The molecule has 1 heterocycles. The van der Waals surface area contributed by atoms with Crippen molar-refractivity contribution < 1.29 is 8.42 Å². The third-order valence-electron chi connectivity index (χ3n) is 5.52. The summed E-state index contributed by atoms with van der Waals surface area (Å²) in [5.74, 6) is 1.44. The molecular formula is C18H34N2O2S. The molecule has 0 unspecified atom stereocenters. The third-order valence-corrected chi connectivity index (χ3v) is 7.17. The molecule has 0 N–H and O–H groups in total. The number of piperidine rings is 1. The van der Waals surface area contributed by atoms with Crippen LogP contribution >= 0.6 is 0 Å². The lowest BCUT2D eigenvalue weighted by Crippen LogP contribution is -2.48. The number of amidine groups is 1. The molecule has 1 saturated heterocycles. The average molecular weight is 343 g/mol. The van der Waals surface area contributed by atoms with E-state index in [1.807, 2.05) is 0 Å². The molecule has 0 bridgehead atoms. The number of nitrogens with zero attached hydrogens (tertiary/aromatic N) is 2. The Balaban J connectivity index is 2.28. The standard InChI is InChI=1S/C18H34N2O2S/c1-14(2)23(21,22)19-18(13-17-11-6-5-7-12-17)20-15(3)9-8-10-16(20)4/h14-17H,5-13H2,1-4H3/b19-18+/t15-,16+. The van der Waals surface area contributed by atoms with Crippen LogP contribution in [0.5, 0.6) is 0 Å². The smallest absolute Gasteiger partial charge is 0.257 e. The van der Waals surface area contributed by atoms with Gasteiger partial charge in [0.15, 0.2) is 0 Å². The summed E-state index contributed by atoms with van der Waals surface area (Å²) in [6.45, 7) is 7.88. The fraction of sp³-hybridized carbons (Fsp3) is 0.944. The summed E-state index contributed by atoms with van der Waals surface area (Å²) in [7, 11) is -3.40. The second-order valence-corrected chi connectivity index (χ2v) is 9.97. The maximum absolute atomic E-state index is 12.4. The Bertz CT molecular complexity index is 497. The van der Waals surface area contributed by atoms with E-state index in [1.165, 1.54) is 38.5 Å². The summed E-state index contributed by atoms with van der Waals surface area (Å²) in [6.07, 6.45) is 10.6. The highest BCUT2D eigenvalue weighted by molar-refractivity contribution is 7.90. The molecule has 2 aliphatic rings. The Labute approximate surface area is 142 Å². The van der Waals surface area contributed by atoms with Gasteiger partial charge >= 0.3 is 0 Å². The van der Waals surface area contributed by atoms with E-state index < -0.39 is 15.3 Å². The molecule has 134 valence electrons. The molecule has 0 aromatic rings. The van der Waals surface area contributed by atoms with Gasteiger partial charge in [0, 0.05) is 18.5 Å². The van der Waals surface area contributed by atoms with Crippen LogP contribution in [0.25, 0.3) is 0 Å². The van der Waals surface area contributed by atoms with Crippen molar-refractivity contribution in [3.8, 4) is 0 Å². The molecule has 0 radical (unpaired) electrons. The molecule has 0 aromatic carbocycles. The first-order valence-corrected chi connectivity index (χ1v) is 10.9. The molecule has 0 spiro atoms. The summed E-state index contributed by atoms with van der Waals surface area (Å²) < 4.78 is 29.2. The van der Waals surface area contributed by atoms with Gasteiger partial charge < -0.3 is 4.90 Å². The largest absolute Gasteiger partial charge is 0.354 e. The molecule has 1 aliphatic carbocycles. The van der Waals surface area contributed by atoms with Gasteiger partial charge in [-0.05, 0) is 52.9 Å². The lowest BCUT2D eigenvalue weighted by Gasteiger charge is -2.42. The van der Waals surface area contributed by atoms with Crippen molar-refractivity contribution in [2.45, 2.75) is 103 Å². The second-order valence-electron chi connectivity index (χ2n) is 7.82. The number of sulfonamides is 1. The zero-order valence-corrected chi connectivity index (χ0v) is 16.1. The van der Waals surface area contributed by atoms with E-state index in [-0.39, 0.29) is 0 Å². The van der Waals surface area contributed by atoms with Gasteiger partial charge in [0.1, 0.15) is 5.84 Å². The van der Waals surface area contributed by atoms with Crippen LogP contribution in [0, 0.1) is 5.92 Å². The topological polar surface area (TPSA) is 49.7 Å². The van der Waals surface area contributed by atoms with Crippen LogP contribution in [0.1, 0.15) is 85.5 Å². The number of hydrogen-bond donors (Lipinski definition) is 0. The van der Waals surface area contributed by atoms with E-state index in [4.69, 9.17) is 0 Å². The first kappa shape index (κ1) is 18.8. The maximum atomic E-state index is 12.4. The molecule has 2 fully saturated rings. The Kier molecular flexibility index (Phi) is 6.52. The lowest BCUT2D eigenvalue weighted by molar-refractivity contribution is 0.184. The van der Waals surface area contributed by atoms with Crippen molar-refractivity contribution >= 4 is 15.9 Å². The van der Waals surface area contributed by atoms with Gasteiger partial charge in [-0.1, -0.05) is 32.1 Å². The Morgan fingerprint density at radius 1 is 1.00 bits per heavy atom. The minimum atomic E-state index is -3.40. The van der Waals surface area contributed by atoms with Crippen molar-refractivity contribution in [1.29, 1.82) is 0 Å². The monoisotopic (exact) mass is 342 g/mol. The Morgan fingerprint density at radius 2 is 1.57 bits per heavy atom. The molecule has 0 amide bonds. The van der Waals surface area contributed by atoms with Gasteiger partial charge in [-0.2, -0.15) is 4.40 Å². The highest BCUT2D eigenvalue weighted by Gasteiger charge is 2.31. The van der Waals surface area contributed by atoms with Crippen LogP contribution in [0.2, 0.25) is 0 Å². The predicted octanol–water partition coefficient (Wildman–Crippen LogP) is 4.36. The summed E-state index contributed by atoms with van der Waals surface area (Å²) in [5.41, 5.74) is 0. The van der Waals surface area contributed by atoms with Gasteiger partial charge in [-0.25, -0.2) is 8.42 Å². The van der Waals surface area contributed by atoms with Crippen molar-refractivity contribution in [2.24, 2.45) is 10.3 Å². The zero-order chi connectivity index (χ0) is 17.0.